The quantitative estimate of drug-likeness (QED) is 0.717. The van der Waals surface area contributed by atoms with E-state index >= 15 is 0 Å². The second-order valence-electron chi connectivity index (χ2n) is 7.94. The Morgan fingerprint density at radius 2 is 1.79 bits per heavy atom. The van der Waals surface area contributed by atoms with E-state index in [1.807, 2.05) is 57.2 Å². The van der Waals surface area contributed by atoms with Crippen LogP contribution in [0.3, 0.4) is 0 Å². The molecule has 29 heavy (non-hydrogen) atoms. The van der Waals surface area contributed by atoms with Crippen LogP contribution in [0.5, 0.6) is 11.5 Å². The number of fused-ring (bicyclic) bond motifs is 1. The minimum absolute atomic E-state index is 0.0918. The molecule has 0 saturated carbocycles. The predicted molar refractivity (Wildman–Crippen MR) is 114 cm³/mol. The molecule has 0 aliphatic heterocycles. The number of hydrogen-bond donors (Lipinski definition) is 1. The van der Waals surface area contributed by atoms with Crippen molar-refractivity contribution in [1.29, 1.82) is 0 Å². The molecule has 0 unspecified atom stereocenters. The molecule has 1 N–H and O–H groups in total. The zero-order valence-electron chi connectivity index (χ0n) is 17.4. The maximum Gasteiger partial charge on any atom is 0.263 e. The molecule has 0 atom stereocenters. The fourth-order valence-corrected chi connectivity index (χ4v) is 3.13. The number of aromatic nitrogens is 1. The van der Waals surface area contributed by atoms with Gasteiger partial charge in [0, 0.05) is 18.0 Å². The van der Waals surface area contributed by atoms with E-state index in [1.54, 1.807) is 26.3 Å². The molecule has 1 heterocycles. The van der Waals surface area contributed by atoms with Gasteiger partial charge in [-0.05, 0) is 44.5 Å². The summed E-state index contributed by atoms with van der Waals surface area (Å²) in [4.78, 5) is 25.6. The number of rotatable bonds is 5. The standard InChI is InChI=1S/C23H26N2O4/c1-23(2,3)24-21(26)17-13-16-11-12-18(28-5)20(19(16)25(4)22(17)27)29-14-15-9-7-6-8-10-15/h6-13H,14H2,1-5H3,(H,24,26). The summed E-state index contributed by atoms with van der Waals surface area (Å²) >= 11 is 0. The average Bonchev–Trinajstić information content (AvgIpc) is 2.68. The second-order valence-corrected chi connectivity index (χ2v) is 7.94. The van der Waals surface area contributed by atoms with Crippen molar-refractivity contribution < 1.29 is 14.3 Å². The van der Waals surface area contributed by atoms with Gasteiger partial charge < -0.3 is 19.4 Å². The number of hydrogen-bond acceptors (Lipinski definition) is 4. The van der Waals surface area contributed by atoms with Crippen LogP contribution in [0.4, 0.5) is 0 Å². The number of carbonyl (C=O) groups is 1. The van der Waals surface area contributed by atoms with Crippen molar-refractivity contribution in [1.82, 2.24) is 9.88 Å². The van der Waals surface area contributed by atoms with Gasteiger partial charge in [-0.1, -0.05) is 30.3 Å². The highest BCUT2D eigenvalue weighted by molar-refractivity contribution is 5.99. The molecule has 0 aliphatic carbocycles. The number of pyridine rings is 1. The van der Waals surface area contributed by atoms with Gasteiger partial charge >= 0.3 is 0 Å². The van der Waals surface area contributed by atoms with Gasteiger partial charge in [0.05, 0.1) is 12.6 Å². The van der Waals surface area contributed by atoms with Gasteiger partial charge in [-0.3, -0.25) is 9.59 Å². The fourth-order valence-electron chi connectivity index (χ4n) is 3.13. The van der Waals surface area contributed by atoms with Crippen molar-refractivity contribution in [3.8, 4) is 11.5 Å². The summed E-state index contributed by atoms with van der Waals surface area (Å²) in [6, 6.07) is 14.9. The molecule has 6 nitrogen and oxygen atoms in total. The first-order valence-electron chi connectivity index (χ1n) is 9.41. The van der Waals surface area contributed by atoms with Crippen LogP contribution in [0.2, 0.25) is 0 Å². The number of nitrogens with one attached hydrogen (secondary N) is 1. The minimum Gasteiger partial charge on any atom is -0.493 e. The van der Waals surface area contributed by atoms with Gasteiger partial charge in [0.15, 0.2) is 11.5 Å². The average molecular weight is 394 g/mol. The van der Waals surface area contributed by atoms with Crippen molar-refractivity contribution >= 4 is 16.8 Å². The molecular formula is C23H26N2O4. The van der Waals surface area contributed by atoms with Crippen LogP contribution in [0, 0.1) is 0 Å². The van der Waals surface area contributed by atoms with Gasteiger partial charge in [0.1, 0.15) is 12.2 Å². The molecule has 2 aromatic carbocycles. The Kier molecular flexibility index (Phi) is 5.64. The van der Waals surface area contributed by atoms with Gasteiger partial charge in [-0.15, -0.1) is 0 Å². The zero-order valence-corrected chi connectivity index (χ0v) is 17.4. The molecule has 0 spiro atoms. The lowest BCUT2D eigenvalue weighted by Gasteiger charge is -2.21. The summed E-state index contributed by atoms with van der Waals surface area (Å²) in [5, 5.41) is 3.56. The van der Waals surface area contributed by atoms with Gasteiger partial charge in [0.25, 0.3) is 11.5 Å². The summed E-state index contributed by atoms with van der Waals surface area (Å²) in [5.74, 6) is 0.592. The third-order valence-corrected chi connectivity index (χ3v) is 4.48. The van der Waals surface area contributed by atoms with E-state index in [1.165, 1.54) is 4.57 Å². The number of aryl methyl sites for hydroxylation is 1. The highest BCUT2D eigenvalue weighted by Crippen LogP contribution is 2.35. The summed E-state index contributed by atoms with van der Waals surface area (Å²) in [5.41, 5.74) is 0.836. The SMILES string of the molecule is COc1ccc2cc(C(=O)NC(C)(C)C)c(=O)n(C)c2c1OCc1ccccc1. The first-order chi connectivity index (χ1) is 13.7. The lowest BCUT2D eigenvalue weighted by molar-refractivity contribution is 0.0917. The second kappa shape index (κ2) is 7.99. The molecular weight excluding hydrogens is 368 g/mol. The van der Waals surface area contributed by atoms with Crippen LogP contribution in [0.25, 0.3) is 10.9 Å². The highest BCUT2D eigenvalue weighted by Gasteiger charge is 2.22. The Balaban J connectivity index is 2.10. The summed E-state index contributed by atoms with van der Waals surface area (Å²) in [6.45, 7) is 5.95. The van der Waals surface area contributed by atoms with Crippen LogP contribution in [-0.4, -0.2) is 23.1 Å². The lowest BCUT2D eigenvalue weighted by Crippen LogP contribution is -2.43. The number of ether oxygens (including phenoxy) is 2. The first kappa shape index (κ1) is 20.5. The van der Waals surface area contributed by atoms with E-state index in [-0.39, 0.29) is 5.56 Å². The molecule has 6 heteroatoms. The van der Waals surface area contributed by atoms with E-state index in [0.717, 1.165) is 10.9 Å². The Bertz CT molecular complexity index is 1100. The smallest absolute Gasteiger partial charge is 0.263 e. The molecule has 0 bridgehead atoms. The molecule has 1 amide bonds. The fraction of sp³-hybridized carbons (Fsp3) is 0.304. The van der Waals surface area contributed by atoms with Crippen molar-refractivity contribution in [2.75, 3.05) is 7.11 Å². The van der Waals surface area contributed by atoms with Crippen LogP contribution in [0.15, 0.2) is 53.3 Å². The van der Waals surface area contributed by atoms with Gasteiger partial charge in [-0.25, -0.2) is 0 Å². The van der Waals surface area contributed by atoms with Crippen molar-refractivity contribution in [2.24, 2.45) is 7.05 Å². The molecule has 0 aliphatic rings. The van der Waals surface area contributed by atoms with E-state index in [0.29, 0.717) is 23.6 Å². The van der Waals surface area contributed by atoms with Crippen molar-refractivity contribution in [2.45, 2.75) is 32.9 Å². The largest absolute Gasteiger partial charge is 0.493 e. The number of methoxy groups -OCH3 is 1. The first-order valence-corrected chi connectivity index (χ1v) is 9.41. The van der Waals surface area contributed by atoms with E-state index in [4.69, 9.17) is 9.47 Å². The third kappa shape index (κ3) is 4.42. The van der Waals surface area contributed by atoms with E-state index in [2.05, 4.69) is 5.32 Å². The van der Waals surface area contributed by atoms with E-state index < -0.39 is 17.0 Å². The molecule has 0 radical (unpaired) electrons. The third-order valence-electron chi connectivity index (χ3n) is 4.48. The molecule has 3 rings (SSSR count). The zero-order chi connectivity index (χ0) is 21.2. The predicted octanol–water partition coefficient (Wildman–Crippen LogP) is 3.65. The number of amides is 1. The Labute approximate surface area is 170 Å². The maximum atomic E-state index is 12.9. The van der Waals surface area contributed by atoms with E-state index in [9.17, 15) is 9.59 Å². The number of carbonyl (C=O) groups excluding carboxylic acids is 1. The van der Waals surface area contributed by atoms with Crippen LogP contribution >= 0.6 is 0 Å². The van der Waals surface area contributed by atoms with Crippen LogP contribution < -0.4 is 20.3 Å². The molecule has 0 fully saturated rings. The molecule has 3 aromatic rings. The van der Waals surface area contributed by atoms with Crippen molar-refractivity contribution in [3.63, 3.8) is 0 Å². The van der Waals surface area contributed by atoms with Crippen LogP contribution in [0.1, 0.15) is 36.7 Å². The monoisotopic (exact) mass is 394 g/mol. The summed E-state index contributed by atoms with van der Waals surface area (Å²) in [7, 11) is 3.19. The highest BCUT2D eigenvalue weighted by atomic mass is 16.5. The normalized spacial score (nSPS) is 11.3. The van der Waals surface area contributed by atoms with Gasteiger partial charge in [-0.2, -0.15) is 0 Å². The van der Waals surface area contributed by atoms with Gasteiger partial charge in [0.2, 0.25) is 0 Å². The Morgan fingerprint density at radius 3 is 2.41 bits per heavy atom. The Morgan fingerprint density at radius 1 is 1.10 bits per heavy atom. The molecule has 152 valence electrons. The lowest BCUT2D eigenvalue weighted by atomic mass is 10.1. The topological polar surface area (TPSA) is 69.6 Å². The minimum atomic E-state index is -0.444. The molecule has 0 saturated heterocycles. The summed E-state index contributed by atoms with van der Waals surface area (Å²) in [6.07, 6.45) is 0. The van der Waals surface area contributed by atoms with Crippen LogP contribution in [-0.2, 0) is 13.7 Å². The molecule has 1 aromatic heterocycles. The number of benzene rings is 2. The van der Waals surface area contributed by atoms with Crippen molar-refractivity contribution in [3.05, 3.63) is 70.0 Å². The maximum absolute atomic E-state index is 12.9. The Hall–Kier alpha value is -3.28. The number of nitrogens with zero attached hydrogens (tertiary/aromatic N) is 1. The summed E-state index contributed by atoms with van der Waals surface area (Å²) < 4.78 is 13.0.